The van der Waals surface area contributed by atoms with Gasteiger partial charge in [-0.3, -0.25) is 19.3 Å². The minimum atomic E-state index is 0.256. The van der Waals surface area contributed by atoms with E-state index >= 15 is 0 Å². The molecule has 6 heteroatoms. The second kappa shape index (κ2) is 7.87. The van der Waals surface area contributed by atoms with Crippen molar-refractivity contribution >= 4 is 5.91 Å². The summed E-state index contributed by atoms with van der Waals surface area (Å²) in [6, 6.07) is 0.995. The first-order valence-corrected chi connectivity index (χ1v) is 9.66. The Hall–Kier alpha value is -1.40. The minimum Gasteiger partial charge on any atom is -0.344 e. The number of aromatic nitrogens is 2. The summed E-state index contributed by atoms with van der Waals surface area (Å²) >= 11 is 0. The summed E-state index contributed by atoms with van der Waals surface area (Å²) in [5.41, 5.74) is 1.27. The van der Waals surface area contributed by atoms with Crippen molar-refractivity contribution in [3.63, 3.8) is 0 Å². The third-order valence-corrected chi connectivity index (χ3v) is 5.82. The molecule has 0 unspecified atom stereocenters. The average molecular weight is 348 g/mol. The molecule has 1 aliphatic carbocycles. The van der Waals surface area contributed by atoms with Gasteiger partial charge in [0.1, 0.15) is 0 Å². The van der Waals surface area contributed by atoms with E-state index in [1.54, 1.807) is 0 Å². The summed E-state index contributed by atoms with van der Waals surface area (Å²) in [5.74, 6) is 0.722. The molecule has 140 valence electrons. The Bertz CT molecular complexity index is 582. The normalized spacial score (nSPS) is 24.7. The predicted molar refractivity (Wildman–Crippen MR) is 99.2 cm³/mol. The van der Waals surface area contributed by atoms with Crippen molar-refractivity contribution in [2.24, 2.45) is 13.0 Å². The molecule has 1 saturated carbocycles. The van der Waals surface area contributed by atoms with E-state index in [1.165, 1.54) is 31.2 Å². The topological polar surface area (TPSA) is 44.6 Å². The summed E-state index contributed by atoms with van der Waals surface area (Å²) in [6.07, 6.45) is 8.97. The number of piperidine rings is 1. The summed E-state index contributed by atoms with van der Waals surface area (Å²) in [7, 11) is 6.13. The third-order valence-electron chi connectivity index (χ3n) is 5.82. The molecule has 1 aromatic heterocycles. The highest BCUT2D eigenvalue weighted by Gasteiger charge is 2.34. The van der Waals surface area contributed by atoms with Crippen LogP contribution < -0.4 is 0 Å². The molecule has 1 aromatic rings. The SMILES string of the molecule is CCN(CC(=O)N(C)C[C@@H]1CCCN(C)[C@H]1c1cnn(C)c1)C1CC1. The number of hydrogen-bond acceptors (Lipinski definition) is 4. The van der Waals surface area contributed by atoms with E-state index in [-0.39, 0.29) is 5.91 Å². The molecule has 0 bridgehead atoms. The molecule has 0 aromatic carbocycles. The fourth-order valence-corrected chi connectivity index (χ4v) is 4.26. The van der Waals surface area contributed by atoms with Gasteiger partial charge < -0.3 is 4.90 Å². The van der Waals surface area contributed by atoms with Crippen LogP contribution >= 0.6 is 0 Å². The van der Waals surface area contributed by atoms with Crippen molar-refractivity contribution in [1.29, 1.82) is 0 Å². The van der Waals surface area contributed by atoms with Crippen LogP contribution in [-0.4, -0.2) is 76.7 Å². The van der Waals surface area contributed by atoms with Crippen molar-refractivity contribution in [2.45, 2.75) is 44.7 Å². The summed E-state index contributed by atoms with van der Waals surface area (Å²) in [5, 5.41) is 4.35. The first-order valence-electron chi connectivity index (χ1n) is 9.66. The van der Waals surface area contributed by atoms with E-state index in [9.17, 15) is 4.79 Å². The van der Waals surface area contributed by atoms with Crippen molar-refractivity contribution in [1.82, 2.24) is 24.5 Å². The van der Waals surface area contributed by atoms with E-state index in [2.05, 4.69) is 35.1 Å². The highest BCUT2D eigenvalue weighted by Crippen LogP contribution is 2.35. The molecule has 2 atom stereocenters. The Morgan fingerprint density at radius 1 is 1.32 bits per heavy atom. The second-order valence-corrected chi connectivity index (χ2v) is 7.84. The molecule has 1 amide bonds. The summed E-state index contributed by atoms with van der Waals surface area (Å²) in [6.45, 7) is 5.62. The number of likely N-dealkylation sites (tertiary alicyclic amines) is 1. The minimum absolute atomic E-state index is 0.256. The van der Waals surface area contributed by atoms with Gasteiger partial charge in [0.15, 0.2) is 0 Å². The number of amides is 1. The van der Waals surface area contributed by atoms with E-state index in [1.807, 2.05) is 29.9 Å². The van der Waals surface area contributed by atoms with Gasteiger partial charge in [-0.1, -0.05) is 6.92 Å². The molecule has 25 heavy (non-hydrogen) atoms. The highest BCUT2D eigenvalue weighted by atomic mass is 16.2. The van der Waals surface area contributed by atoms with Crippen LogP contribution in [0.15, 0.2) is 12.4 Å². The molecule has 1 aliphatic heterocycles. The van der Waals surface area contributed by atoms with Crippen LogP contribution in [-0.2, 0) is 11.8 Å². The maximum Gasteiger partial charge on any atom is 0.236 e. The van der Waals surface area contributed by atoms with Crippen LogP contribution in [0, 0.1) is 5.92 Å². The maximum absolute atomic E-state index is 12.7. The Morgan fingerprint density at radius 2 is 2.08 bits per heavy atom. The lowest BCUT2D eigenvalue weighted by molar-refractivity contribution is -0.132. The fourth-order valence-electron chi connectivity index (χ4n) is 4.26. The standard InChI is InChI=1S/C19H33N5O/c1-5-24(17-8-9-17)14-18(25)22(3)12-15-7-6-10-21(2)19(15)16-11-20-23(4)13-16/h11,13,15,17,19H,5-10,12,14H2,1-4H3/t15-,19+/m0/s1. The van der Waals surface area contributed by atoms with E-state index in [0.717, 1.165) is 19.6 Å². The molecule has 2 heterocycles. The Kier molecular flexibility index (Phi) is 5.79. The average Bonchev–Trinajstić information content (AvgIpc) is 3.34. The Labute approximate surface area is 151 Å². The highest BCUT2D eigenvalue weighted by molar-refractivity contribution is 5.78. The zero-order valence-electron chi connectivity index (χ0n) is 16.2. The zero-order valence-corrected chi connectivity index (χ0v) is 16.2. The van der Waals surface area contributed by atoms with Gasteiger partial charge in [-0.2, -0.15) is 5.10 Å². The van der Waals surface area contributed by atoms with Crippen LogP contribution in [0.2, 0.25) is 0 Å². The predicted octanol–water partition coefficient (Wildman–Crippen LogP) is 1.75. The quantitative estimate of drug-likeness (QED) is 0.754. The number of rotatable bonds is 7. The molecule has 6 nitrogen and oxygen atoms in total. The van der Waals surface area contributed by atoms with Gasteiger partial charge in [0.25, 0.3) is 0 Å². The molecule has 3 rings (SSSR count). The lowest BCUT2D eigenvalue weighted by Crippen LogP contribution is -2.45. The van der Waals surface area contributed by atoms with E-state index < -0.39 is 0 Å². The number of hydrogen-bond donors (Lipinski definition) is 0. The van der Waals surface area contributed by atoms with Gasteiger partial charge in [0.05, 0.1) is 12.7 Å². The number of likely N-dealkylation sites (N-methyl/N-ethyl adjacent to an activating group) is 2. The van der Waals surface area contributed by atoms with Gasteiger partial charge >= 0.3 is 0 Å². The largest absolute Gasteiger partial charge is 0.344 e. The van der Waals surface area contributed by atoms with Crippen molar-refractivity contribution < 1.29 is 4.79 Å². The van der Waals surface area contributed by atoms with Gasteiger partial charge in [-0.25, -0.2) is 0 Å². The van der Waals surface area contributed by atoms with Gasteiger partial charge in [0.2, 0.25) is 5.91 Å². The van der Waals surface area contributed by atoms with Crippen molar-refractivity contribution in [2.75, 3.05) is 40.3 Å². The van der Waals surface area contributed by atoms with Crippen LogP contribution in [0.5, 0.6) is 0 Å². The maximum atomic E-state index is 12.7. The van der Waals surface area contributed by atoms with Crippen LogP contribution in [0.1, 0.15) is 44.2 Å². The molecule has 2 fully saturated rings. The Morgan fingerprint density at radius 3 is 2.68 bits per heavy atom. The smallest absolute Gasteiger partial charge is 0.236 e. The first kappa shape index (κ1) is 18.4. The number of carbonyl (C=O) groups is 1. The molecule has 0 spiro atoms. The van der Waals surface area contributed by atoms with Crippen molar-refractivity contribution in [3.05, 3.63) is 18.0 Å². The van der Waals surface area contributed by atoms with Gasteiger partial charge in [-0.05, 0) is 51.7 Å². The summed E-state index contributed by atoms with van der Waals surface area (Å²) in [4.78, 5) is 19.4. The number of carbonyl (C=O) groups excluding carboxylic acids is 1. The van der Waals surface area contributed by atoms with Crippen LogP contribution in [0.25, 0.3) is 0 Å². The number of nitrogens with zero attached hydrogens (tertiary/aromatic N) is 5. The van der Waals surface area contributed by atoms with Gasteiger partial charge in [-0.15, -0.1) is 0 Å². The molecule has 2 aliphatic rings. The number of aryl methyl sites for hydroxylation is 1. The fraction of sp³-hybridized carbons (Fsp3) is 0.789. The monoisotopic (exact) mass is 347 g/mol. The lowest BCUT2D eigenvalue weighted by atomic mass is 9.85. The molecule has 0 radical (unpaired) electrons. The lowest BCUT2D eigenvalue weighted by Gasteiger charge is -2.40. The summed E-state index contributed by atoms with van der Waals surface area (Å²) < 4.78 is 1.87. The van der Waals surface area contributed by atoms with Crippen LogP contribution in [0.3, 0.4) is 0 Å². The van der Waals surface area contributed by atoms with Crippen LogP contribution in [0.4, 0.5) is 0 Å². The van der Waals surface area contributed by atoms with Gasteiger partial charge in [0, 0.05) is 44.5 Å². The van der Waals surface area contributed by atoms with E-state index in [4.69, 9.17) is 0 Å². The first-order chi connectivity index (χ1) is 12.0. The zero-order chi connectivity index (χ0) is 18.0. The molecular weight excluding hydrogens is 314 g/mol. The molecule has 1 saturated heterocycles. The second-order valence-electron chi connectivity index (χ2n) is 7.84. The molecular formula is C19H33N5O. The Balaban J connectivity index is 1.63. The third kappa shape index (κ3) is 4.42. The van der Waals surface area contributed by atoms with E-state index in [0.29, 0.717) is 24.5 Å². The molecule has 0 N–H and O–H groups in total. The van der Waals surface area contributed by atoms with Crippen molar-refractivity contribution in [3.8, 4) is 0 Å².